The van der Waals surface area contributed by atoms with Gasteiger partial charge in [0, 0.05) is 7.05 Å². The van der Waals surface area contributed by atoms with Crippen molar-refractivity contribution in [3.63, 3.8) is 0 Å². The number of halogens is 2. The molecule has 0 aliphatic carbocycles. The van der Waals surface area contributed by atoms with Gasteiger partial charge < -0.3 is 10.1 Å². The van der Waals surface area contributed by atoms with Gasteiger partial charge in [0.25, 0.3) is 6.43 Å². The smallest absolute Gasteiger partial charge is 0.261 e. The Kier molecular flexibility index (Phi) is 3.80. The molecule has 0 aliphatic rings. The second-order valence-electron chi connectivity index (χ2n) is 3.28. The van der Waals surface area contributed by atoms with Crippen LogP contribution < -0.4 is 5.32 Å². The number of hydrogen-bond donors (Lipinski definition) is 1. The van der Waals surface area contributed by atoms with Crippen molar-refractivity contribution in [2.24, 2.45) is 0 Å². The van der Waals surface area contributed by atoms with Gasteiger partial charge in [-0.15, -0.1) is 11.3 Å². The van der Waals surface area contributed by atoms with Crippen molar-refractivity contribution in [1.29, 1.82) is 0 Å². The van der Waals surface area contributed by atoms with Crippen molar-refractivity contribution in [2.75, 3.05) is 19.0 Å². The van der Waals surface area contributed by atoms with E-state index < -0.39 is 13.0 Å². The molecule has 0 saturated heterocycles. The highest BCUT2D eigenvalue weighted by Gasteiger charge is 2.09. The van der Waals surface area contributed by atoms with Gasteiger partial charge in [0.15, 0.2) is 5.82 Å². The van der Waals surface area contributed by atoms with Gasteiger partial charge in [0.05, 0.1) is 5.39 Å². The third kappa shape index (κ3) is 2.86. The number of ether oxygens (including phenoxy) is 1. The van der Waals surface area contributed by atoms with Crippen LogP contribution in [0.25, 0.3) is 10.2 Å². The molecule has 0 atom stereocenters. The lowest BCUT2D eigenvalue weighted by Gasteiger charge is -2.06. The fourth-order valence-electron chi connectivity index (χ4n) is 1.39. The summed E-state index contributed by atoms with van der Waals surface area (Å²) in [5.74, 6) is 1.09. The van der Waals surface area contributed by atoms with E-state index in [-0.39, 0.29) is 6.61 Å². The summed E-state index contributed by atoms with van der Waals surface area (Å²) in [4.78, 5) is 9.26. The van der Waals surface area contributed by atoms with Crippen LogP contribution in [-0.2, 0) is 11.3 Å². The average Bonchev–Trinajstić information content (AvgIpc) is 2.75. The summed E-state index contributed by atoms with van der Waals surface area (Å²) in [7, 11) is 1.75. The Labute approximate surface area is 101 Å². The predicted octanol–water partition coefficient (Wildman–Crippen LogP) is 2.51. The van der Waals surface area contributed by atoms with Crippen LogP contribution in [0.5, 0.6) is 0 Å². The van der Waals surface area contributed by atoms with Crippen LogP contribution in [0.4, 0.5) is 14.6 Å². The molecule has 2 aromatic rings. The summed E-state index contributed by atoms with van der Waals surface area (Å²) in [5, 5.41) is 5.78. The number of aromatic nitrogens is 2. The van der Waals surface area contributed by atoms with Gasteiger partial charge in [-0.1, -0.05) is 0 Å². The monoisotopic (exact) mass is 259 g/mol. The van der Waals surface area contributed by atoms with E-state index in [9.17, 15) is 8.78 Å². The van der Waals surface area contributed by atoms with E-state index in [2.05, 4.69) is 15.3 Å². The molecule has 7 heteroatoms. The number of anilines is 1. The van der Waals surface area contributed by atoms with E-state index in [1.54, 1.807) is 7.05 Å². The van der Waals surface area contributed by atoms with Gasteiger partial charge in [-0.3, -0.25) is 0 Å². The van der Waals surface area contributed by atoms with Crippen LogP contribution in [-0.4, -0.2) is 30.0 Å². The highest BCUT2D eigenvalue weighted by Crippen LogP contribution is 2.24. The summed E-state index contributed by atoms with van der Waals surface area (Å²) < 4.78 is 28.6. The minimum atomic E-state index is -2.47. The molecule has 0 saturated carbocycles. The number of thiophene rings is 1. The summed E-state index contributed by atoms with van der Waals surface area (Å²) in [6.45, 7) is -0.604. The molecule has 92 valence electrons. The molecule has 0 aromatic carbocycles. The van der Waals surface area contributed by atoms with Gasteiger partial charge in [-0.2, -0.15) is 0 Å². The van der Waals surface area contributed by atoms with Crippen LogP contribution in [0.3, 0.4) is 0 Å². The van der Waals surface area contributed by atoms with Gasteiger partial charge in [0.1, 0.15) is 23.9 Å². The zero-order chi connectivity index (χ0) is 12.3. The fraction of sp³-hybridized carbons (Fsp3) is 0.400. The maximum Gasteiger partial charge on any atom is 0.261 e. The predicted molar refractivity (Wildman–Crippen MR) is 62.6 cm³/mol. The van der Waals surface area contributed by atoms with Gasteiger partial charge >= 0.3 is 0 Å². The SMILES string of the molecule is CNc1nc(COCC(F)F)nc2sccc12. The molecule has 0 unspecified atom stereocenters. The van der Waals surface area contributed by atoms with Crippen LogP contribution in [0, 0.1) is 0 Å². The lowest BCUT2D eigenvalue weighted by Crippen LogP contribution is -2.07. The summed E-state index contributed by atoms with van der Waals surface area (Å²) >= 11 is 1.48. The first-order valence-electron chi connectivity index (χ1n) is 4.98. The van der Waals surface area contributed by atoms with E-state index in [1.165, 1.54) is 11.3 Å². The number of alkyl halides is 2. The van der Waals surface area contributed by atoms with Crippen LogP contribution >= 0.6 is 11.3 Å². The molecule has 0 fully saturated rings. The number of hydrogen-bond acceptors (Lipinski definition) is 5. The Bertz CT molecular complexity index is 503. The third-order valence-corrected chi connectivity index (χ3v) is 2.89. The van der Waals surface area contributed by atoms with Crippen LogP contribution in [0.2, 0.25) is 0 Å². The number of nitrogens with one attached hydrogen (secondary N) is 1. The molecule has 4 nitrogen and oxygen atoms in total. The number of fused-ring (bicyclic) bond motifs is 1. The van der Waals surface area contributed by atoms with Crippen molar-refractivity contribution in [3.05, 3.63) is 17.3 Å². The zero-order valence-corrected chi connectivity index (χ0v) is 9.93. The maximum absolute atomic E-state index is 11.9. The Morgan fingerprint density at radius 2 is 2.29 bits per heavy atom. The third-order valence-electron chi connectivity index (χ3n) is 2.08. The Balaban J connectivity index is 2.17. The normalized spacial score (nSPS) is 11.3. The summed E-state index contributed by atoms with van der Waals surface area (Å²) in [6, 6.07) is 1.91. The molecule has 2 aromatic heterocycles. The van der Waals surface area contributed by atoms with Crippen LogP contribution in [0.15, 0.2) is 11.4 Å². The second-order valence-corrected chi connectivity index (χ2v) is 4.18. The fourth-order valence-corrected chi connectivity index (χ4v) is 2.18. The first kappa shape index (κ1) is 12.1. The molecular formula is C10H11F2N3OS. The topological polar surface area (TPSA) is 47.0 Å². The van der Waals surface area contributed by atoms with E-state index in [0.717, 1.165) is 10.2 Å². The minimum Gasteiger partial charge on any atom is -0.372 e. The molecule has 0 amide bonds. The average molecular weight is 259 g/mol. The highest BCUT2D eigenvalue weighted by atomic mass is 32.1. The van der Waals surface area contributed by atoms with Crippen molar-refractivity contribution >= 4 is 27.4 Å². The Morgan fingerprint density at radius 1 is 1.47 bits per heavy atom. The lowest BCUT2D eigenvalue weighted by atomic mass is 10.4. The summed E-state index contributed by atoms with van der Waals surface area (Å²) in [6.07, 6.45) is -2.47. The first-order valence-corrected chi connectivity index (χ1v) is 5.86. The van der Waals surface area contributed by atoms with E-state index >= 15 is 0 Å². The van der Waals surface area contributed by atoms with Crippen molar-refractivity contribution in [3.8, 4) is 0 Å². The van der Waals surface area contributed by atoms with E-state index in [4.69, 9.17) is 4.74 Å². The van der Waals surface area contributed by atoms with Crippen LogP contribution in [0.1, 0.15) is 5.82 Å². The maximum atomic E-state index is 11.9. The molecule has 17 heavy (non-hydrogen) atoms. The number of nitrogens with zero attached hydrogens (tertiary/aromatic N) is 2. The largest absolute Gasteiger partial charge is 0.372 e. The molecule has 0 radical (unpaired) electrons. The van der Waals surface area contributed by atoms with Crippen molar-refractivity contribution in [1.82, 2.24) is 9.97 Å². The number of rotatable bonds is 5. The quantitative estimate of drug-likeness (QED) is 0.896. The molecule has 0 bridgehead atoms. The zero-order valence-electron chi connectivity index (χ0n) is 9.11. The first-order chi connectivity index (χ1) is 8.20. The Hall–Kier alpha value is -1.34. The molecular weight excluding hydrogens is 248 g/mol. The van der Waals surface area contributed by atoms with Gasteiger partial charge in [-0.05, 0) is 11.4 Å². The van der Waals surface area contributed by atoms with E-state index in [0.29, 0.717) is 11.6 Å². The standard InChI is InChI=1S/C10H11F2N3OS/c1-13-9-6-2-3-17-10(6)15-8(14-9)5-16-4-7(11)12/h2-3,7H,4-5H2,1H3,(H,13,14,15). The molecule has 1 N–H and O–H groups in total. The highest BCUT2D eigenvalue weighted by molar-refractivity contribution is 7.16. The molecule has 2 heterocycles. The summed E-state index contributed by atoms with van der Waals surface area (Å²) in [5.41, 5.74) is 0. The minimum absolute atomic E-state index is 0.00708. The molecule has 0 aliphatic heterocycles. The molecule has 0 spiro atoms. The van der Waals surface area contributed by atoms with Gasteiger partial charge in [-0.25, -0.2) is 18.7 Å². The van der Waals surface area contributed by atoms with Crippen molar-refractivity contribution < 1.29 is 13.5 Å². The lowest BCUT2D eigenvalue weighted by molar-refractivity contribution is 0.00782. The molecule has 2 rings (SSSR count). The van der Waals surface area contributed by atoms with Gasteiger partial charge in [0.2, 0.25) is 0 Å². The Morgan fingerprint density at radius 3 is 3.00 bits per heavy atom. The van der Waals surface area contributed by atoms with Crippen molar-refractivity contribution in [2.45, 2.75) is 13.0 Å². The van der Waals surface area contributed by atoms with E-state index in [1.807, 2.05) is 11.4 Å². The second kappa shape index (κ2) is 5.33.